The van der Waals surface area contributed by atoms with Crippen molar-refractivity contribution in [2.45, 2.75) is 53.1 Å². The minimum atomic E-state index is 0.673. The summed E-state index contributed by atoms with van der Waals surface area (Å²) >= 11 is 0. The predicted octanol–water partition coefficient (Wildman–Crippen LogP) is 3.77. The Hall–Kier alpha value is -1.09. The lowest BCUT2D eigenvalue weighted by Gasteiger charge is -2.32. The van der Waals surface area contributed by atoms with Gasteiger partial charge in [0, 0.05) is 32.4 Å². The molecule has 0 saturated carbocycles. The molecule has 3 nitrogen and oxygen atoms in total. The van der Waals surface area contributed by atoms with Crippen molar-refractivity contribution in [2.75, 3.05) is 18.9 Å². The van der Waals surface area contributed by atoms with Crippen LogP contribution in [0.25, 0.3) is 0 Å². The van der Waals surface area contributed by atoms with Gasteiger partial charge in [-0.1, -0.05) is 33.8 Å². The summed E-state index contributed by atoms with van der Waals surface area (Å²) in [6.45, 7) is 11.3. The highest BCUT2D eigenvalue weighted by atomic mass is 15.2. The second-order valence-corrected chi connectivity index (χ2v) is 5.60. The smallest absolute Gasteiger partial charge is 0.125 e. The number of hydrogen-bond acceptors (Lipinski definition) is 3. The van der Waals surface area contributed by atoms with Crippen molar-refractivity contribution in [3.63, 3.8) is 0 Å². The Morgan fingerprint density at radius 3 is 2.32 bits per heavy atom. The van der Waals surface area contributed by atoms with E-state index in [9.17, 15) is 0 Å². The maximum Gasteiger partial charge on any atom is 0.125 e. The Morgan fingerprint density at radius 1 is 1.21 bits per heavy atom. The van der Waals surface area contributed by atoms with E-state index in [2.05, 4.69) is 55.0 Å². The van der Waals surface area contributed by atoms with Crippen LogP contribution in [0.5, 0.6) is 0 Å². The van der Waals surface area contributed by atoms with Gasteiger partial charge >= 0.3 is 0 Å². The quantitative estimate of drug-likeness (QED) is 0.774. The van der Waals surface area contributed by atoms with Crippen molar-refractivity contribution in [3.8, 4) is 0 Å². The van der Waals surface area contributed by atoms with Crippen LogP contribution < -0.4 is 5.32 Å². The zero-order valence-electron chi connectivity index (χ0n) is 13.1. The fourth-order valence-electron chi connectivity index (χ4n) is 2.52. The number of nitrogens with one attached hydrogen (secondary N) is 1. The SMILES string of the molecule is CCC(CC)N(Cc1ccc(NC)nc1)CC(C)C. The van der Waals surface area contributed by atoms with Crippen LogP contribution in [0.3, 0.4) is 0 Å². The lowest BCUT2D eigenvalue weighted by Crippen LogP contribution is -2.36. The zero-order valence-corrected chi connectivity index (χ0v) is 13.1. The molecule has 108 valence electrons. The van der Waals surface area contributed by atoms with Gasteiger partial charge in [-0.2, -0.15) is 0 Å². The van der Waals surface area contributed by atoms with Gasteiger partial charge in [0.05, 0.1) is 0 Å². The summed E-state index contributed by atoms with van der Waals surface area (Å²) in [7, 11) is 1.90. The first-order valence-corrected chi connectivity index (χ1v) is 7.47. The highest BCUT2D eigenvalue weighted by Gasteiger charge is 2.16. The van der Waals surface area contributed by atoms with Crippen LogP contribution in [-0.4, -0.2) is 29.5 Å². The van der Waals surface area contributed by atoms with Gasteiger partial charge in [-0.25, -0.2) is 4.98 Å². The van der Waals surface area contributed by atoms with Crippen molar-refractivity contribution >= 4 is 5.82 Å². The maximum atomic E-state index is 4.40. The van der Waals surface area contributed by atoms with Crippen LogP contribution in [0.4, 0.5) is 5.82 Å². The summed E-state index contributed by atoms with van der Waals surface area (Å²) in [6.07, 6.45) is 4.41. The minimum absolute atomic E-state index is 0.673. The van der Waals surface area contributed by atoms with Gasteiger partial charge in [-0.05, 0) is 30.4 Å². The summed E-state index contributed by atoms with van der Waals surface area (Å²) in [4.78, 5) is 7.00. The van der Waals surface area contributed by atoms with E-state index in [0.29, 0.717) is 12.0 Å². The van der Waals surface area contributed by atoms with E-state index >= 15 is 0 Å². The molecule has 0 unspecified atom stereocenters. The number of rotatable bonds is 8. The topological polar surface area (TPSA) is 28.2 Å². The average molecular weight is 263 g/mol. The number of pyridine rings is 1. The van der Waals surface area contributed by atoms with Gasteiger partial charge in [0.25, 0.3) is 0 Å². The molecule has 0 bridgehead atoms. The van der Waals surface area contributed by atoms with Crippen molar-refractivity contribution in [1.29, 1.82) is 0 Å². The van der Waals surface area contributed by atoms with Crippen LogP contribution in [0.2, 0.25) is 0 Å². The third-order valence-electron chi connectivity index (χ3n) is 3.53. The molecule has 19 heavy (non-hydrogen) atoms. The highest BCUT2D eigenvalue weighted by molar-refractivity contribution is 5.34. The first-order valence-electron chi connectivity index (χ1n) is 7.47. The van der Waals surface area contributed by atoms with Crippen LogP contribution in [-0.2, 0) is 6.54 Å². The van der Waals surface area contributed by atoms with E-state index in [1.807, 2.05) is 13.2 Å². The van der Waals surface area contributed by atoms with Crippen LogP contribution in [0, 0.1) is 5.92 Å². The molecule has 1 heterocycles. The fraction of sp³-hybridized carbons (Fsp3) is 0.688. The Kier molecular flexibility index (Phi) is 6.85. The first-order chi connectivity index (χ1) is 9.10. The number of aromatic nitrogens is 1. The minimum Gasteiger partial charge on any atom is -0.373 e. The van der Waals surface area contributed by atoms with Gasteiger partial charge in [-0.15, -0.1) is 0 Å². The van der Waals surface area contributed by atoms with Crippen molar-refractivity contribution in [1.82, 2.24) is 9.88 Å². The molecule has 0 spiro atoms. The molecule has 0 atom stereocenters. The van der Waals surface area contributed by atoms with Crippen LogP contribution in [0.1, 0.15) is 46.1 Å². The maximum absolute atomic E-state index is 4.40. The number of hydrogen-bond donors (Lipinski definition) is 1. The molecular weight excluding hydrogens is 234 g/mol. The van der Waals surface area contributed by atoms with Gasteiger partial charge in [0.2, 0.25) is 0 Å². The molecule has 0 aromatic carbocycles. The van der Waals surface area contributed by atoms with Crippen molar-refractivity contribution < 1.29 is 0 Å². The molecular formula is C16H29N3. The monoisotopic (exact) mass is 263 g/mol. The van der Waals surface area contributed by atoms with E-state index in [4.69, 9.17) is 0 Å². The van der Waals surface area contributed by atoms with Gasteiger partial charge in [0.1, 0.15) is 5.82 Å². The summed E-state index contributed by atoms with van der Waals surface area (Å²) in [5.74, 6) is 1.63. The summed E-state index contributed by atoms with van der Waals surface area (Å²) < 4.78 is 0. The molecule has 0 aliphatic heterocycles. The average Bonchev–Trinajstić information content (AvgIpc) is 2.40. The molecule has 0 radical (unpaired) electrons. The van der Waals surface area contributed by atoms with Gasteiger partial charge in [-0.3, -0.25) is 4.90 Å². The Balaban J connectivity index is 2.74. The third-order valence-corrected chi connectivity index (χ3v) is 3.53. The van der Waals surface area contributed by atoms with E-state index in [1.165, 1.54) is 18.4 Å². The van der Waals surface area contributed by atoms with Gasteiger partial charge < -0.3 is 5.32 Å². The van der Waals surface area contributed by atoms with Crippen molar-refractivity contribution in [3.05, 3.63) is 23.9 Å². The lowest BCUT2D eigenvalue weighted by molar-refractivity contribution is 0.157. The second-order valence-electron chi connectivity index (χ2n) is 5.60. The van der Waals surface area contributed by atoms with E-state index < -0.39 is 0 Å². The van der Waals surface area contributed by atoms with Gasteiger partial charge in [0.15, 0.2) is 0 Å². The number of nitrogens with zero attached hydrogens (tertiary/aromatic N) is 2. The fourth-order valence-corrected chi connectivity index (χ4v) is 2.52. The lowest BCUT2D eigenvalue weighted by atomic mass is 10.1. The Morgan fingerprint density at radius 2 is 1.89 bits per heavy atom. The van der Waals surface area contributed by atoms with Crippen LogP contribution >= 0.6 is 0 Å². The van der Waals surface area contributed by atoms with E-state index in [1.54, 1.807) is 0 Å². The molecule has 0 fully saturated rings. The normalized spacial score (nSPS) is 11.6. The molecule has 1 aromatic heterocycles. The first kappa shape index (κ1) is 16.0. The Labute approximate surface area is 118 Å². The summed E-state index contributed by atoms with van der Waals surface area (Å²) in [5.41, 5.74) is 1.30. The standard InChI is InChI=1S/C16H29N3/c1-6-15(7-2)19(11-13(3)4)12-14-8-9-16(17-5)18-10-14/h8-10,13,15H,6-7,11-12H2,1-5H3,(H,17,18). The predicted molar refractivity (Wildman–Crippen MR) is 83.4 cm³/mol. The van der Waals surface area contributed by atoms with Crippen molar-refractivity contribution in [2.24, 2.45) is 5.92 Å². The molecule has 0 aliphatic carbocycles. The Bertz CT molecular complexity index is 342. The molecule has 1 N–H and O–H groups in total. The van der Waals surface area contributed by atoms with E-state index in [0.717, 1.165) is 18.9 Å². The summed E-state index contributed by atoms with van der Waals surface area (Å²) in [6, 6.07) is 4.90. The molecule has 1 aromatic rings. The molecule has 0 amide bonds. The largest absolute Gasteiger partial charge is 0.373 e. The third kappa shape index (κ3) is 5.19. The zero-order chi connectivity index (χ0) is 14.3. The van der Waals surface area contributed by atoms with Crippen LogP contribution in [0.15, 0.2) is 18.3 Å². The highest BCUT2D eigenvalue weighted by Crippen LogP contribution is 2.16. The molecule has 0 aliphatic rings. The second kappa shape index (κ2) is 8.16. The summed E-state index contributed by atoms with van der Waals surface area (Å²) in [5, 5.41) is 3.06. The molecule has 3 heteroatoms. The molecule has 0 saturated heterocycles. The van der Waals surface area contributed by atoms with E-state index in [-0.39, 0.29) is 0 Å². The number of anilines is 1. The molecule has 1 rings (SSSR count).